The van der Waals surface area contributed by atoms with Crippen LogP contribution >= 0.6 is 0 Å². The van der Waals surface area contributed by atoms with Crippen molar-refractivity contribution >= 4 is 22.4 Å². The SMILES string of the molecule is NCc1ccccc1CN1C(=O)c2cccc3cccc1c23. The second kappa shape index (κ2) is 4.97. The Balaban J connectivity index is 1.82. The lowest BCUT2D eigenvalue weighted by Crippen LogP contribution is -2.26. The summed E-state index contributed by atoms with van der Waals surface area (Å²) in [6.45, 7) is 1.04. The predicted octanol–water partition coefficient (Wildman–Crippen LogP) is 3.46. The quantitative estimate of drug-likeness (QED) is 0.802. The van der Waals surface area contributed by atoms with E-state index in [0.29, 0.717) is 13.1 Å². The molecule has 22 heavy (non-hydrogen) atoms. The number of anilines is 1. The van der Waals surface area contributed by atoms with Crippen LogP contribution in [0.4, 0.5) is 5.69 Å². The second-order valence-electron chi connectivity index (χ2n) is 5.54. The van der Waals surface area contributed by atoms with E-state index in [-0.39, 0.29) is 5.91 Å². The van der Waals surface area contributed by atoms with E-state index in [1.54, 1.807) is 0 Å². The summed E-state index contributed by atoms with van der Waals surface area (Å²) in [5.41, 5.74) is 9.78. The van der Waals surface area contributed by atoms with E-state index in [4.69, 9.17) is 5.73 Å². The Morgan fingerprint density at radius 2 is 1.59 bits per heavy atom. The number of rotatable bonds is 3. The van der Waals surface area contributed by atoms with Gasteiger partial charge in [0, 0.05) is 17.5 Å². The standard InChI is InChI=1S/C19H16N2O/c20-11-14-5-1-2-6-15(14)12-21-17-10-4-8-13-7-3-9-16(18(13)17)19(21)22/h1-10H,11-12,20H2. The number of benzene rings is 3. The molecule has 0 atom stereocenters. The molecule has 1 heterocycles. The topological polar surface area (TPSA) is 46.3 Å². The Kier molecular flexibility index (Phi) is 2.94. The second-order valence-corrected chi connectivity index (χ2v) is 5.54. The largest absolute Gasteiger partial charge is 0.326 e. The molecule has 3 nitrogen and oxygen atoms in total. The highest BCUT2D eigenvalue weighted by Gasteiger charge is 2.29. The van der Waals surface area contributed by atoms with Crippen LogP contribution in [-0.2, 0) is 13.1 Å². The zero-order valence-corrected chi connectivity index (χ0v) is 12.1. The van der Waals surface area contributed by atoms with Crippen LogP contribution < -0.4 is 10.6 Å². The van der Waals surface area contributed by atoms with Crippen LogP contribution in [0.15, 0.2) is 60.7 Å². The van der Waals surface area contributed by atoms with Crippen molar-refractivity contribution in [2.45, 2.75) is 13.1 Å². The number of amides is 1. The van der Waals surface area contributed by atoms with Crippen LogP contribution in [0, 0.1) is 0 Å². The first kappa shape index (κ1) is 13.0. The van der Waals surface area contributed by atoms with Gasteiger partial charge in [0.05, 0.1) is 12.2 Å². The normalized spacial score (nSPS) is 13.1. The van der Waals surface area contributed by atoms with Gasteiger partial charge in [-0.3, -0.25) is 4.79 Å². The Labute approximate surface area is 129 Å². The van der Waals surface area contributed by atoms with Crippen molar-refractivity contribution < 1.29 is 4.79 Å². The van der Waals surface area contributed by atoms with E-state index < -0.39 is 0 Å². The summed E-state index contributed by atoms with van der Waals surface area (Å²) >= 11 is 0. The fourth-order valence-electron chi connectivity index (χ4n) is 3.22. The molecule has 0 bridgehead atoms. The average molecular weight is 288 g/mol. The van der Waals surface area contributed by atoms with Crippen LogP contribution in [0.3, 0.4) is 0 Å². The van der Waals surface area contributed by atoms with Gasteiger partial charge in [-0.25, -0.2) is 0 Å². The van der Waals surface area contributed by atoms with Gasteiger partial charge in [-0.2, -0.15) is 0 Å². The summed E-state index contributed by atoms with van der Waals surface area (Å²) in [4.78, 5) is 14.6. The third kappa shape index (κ3) is 1.83. The van der Waals surface area contributed by atoms with Crippen molar-refractivity contribution in [2.24, 2.45) is 5.73 Å². The lowest BCUT2D eigenvalue weighted by molar-refractivity contribution is 0.0991. The molecule has 3 aromatic rings. The van der Waals surface area contributed by atoms with Crippen LogP contribution in [0.5, 0.6) is 0 Å². The Hall–Kier alpha value is -2.65. The zero-order chi connectivity index (χ0) is 15.1. The van der Waals surface area contributed by atoms with Gasteiger partial charge in [-0.05, 0) is 28.6 Å². The number of carbonyl (C=O) groups excluding carboxylic acids is 1. The molecule has 0 saturated carbocycles. The minimum atomic E-state index is 0.0682. The molecule has 3 heteroatoms. The van der Waals surface area contributed by atoms with Gasteiger partial charge >= 0.3 is 0 Å². The van der Waals surface area contributed by atoms with Crippen molar-refractivity contribution in [1.29, 1.82) is 0 Å². The number of nitrogens with zero attached hydrogens (tertiary/aromatic N) is 1. The molecule has 0 unspecified atom stereocenters. The Bertz CT molecular complexity index is 880. The Morgan fingerprint density at radius 3 is 2.36 bits per heavy atom. The highest BCUT2D eigenvalue weighted by atomic mass is 16.2. The highest BCUT2D eigenvalue weighted by Crippen LogP contribution is 2.38. The molecular weight excluding hydrogens is 272 g/mol. The van der Waals surface area contributed by atoms with E-state index in [1.165, 1.54) is 0 Å². The summed E-state index contributed by atoms with van der Waals surface area (Å²) in [6, 6.07) is 20.0. The molecule has 0 fully saturated rings. The first-order chi connectivity index (χ1) is 10.8. The van der Waals surface area contributed by atoms with Crippen LogP contribution in [0.25, 0.3) is 10.8 Å². The van der Waals surface area contributed by atoms with Crippen molar-refractivity contribution in [1.82, 2.24) is 0 Å². The molecule has 1 amide bonds. The summed E-state index contributed by atoms with van der Waals surface area (Å²) in [6.07, 6.45) is 0. The van der Waals surface area contributed by atoms with E-state index in [0.717, 1.165) is 33.2 Å². The van der Waals surface area contributed by atoms with Crippen molar-refractivity contribution in [3.8, 4) is 0 Å². The van der Waals surface area contributed by atoms with Gasteiger partial charge in [-0.15, -0.1) is 0 Å². The molecule has 1 aliphatic rings. The van der Waals surface area contributed by atoms with Crippen molar-refractivity contribution in [2.75, 3.05) is 4.90 Å². The van der Waals surface area contributed by atoms with Crippen molar-refractivity contribution in [3.05, 3.63) is 77.4 Å². The average Bonchev–Trinajstić information content (AvgIpc) is 2.84. The van der Waals surface area contributed by atoms with Gasteiger partial charge in [0.15, 0.2) is 0 Å². The summed E-state index contributed by atoms with van der Waals surface area (Å²) < 4.78 is 0. The van der Waals surface area contributed by atoms with E-state index in [2.05, 4.69) is 0 Å². The number of carbonyl (C=O) groups is 1. The maximum Gasteiger partial charge on any atom is 0.259 e. The summed E-state index contributed by atoms with van der Waals surface area (Å²) in [5.74, 6) is 0.0682. The minimum Gasteiger partial charge on any atom is -0.326 e. The first-order valence-electron chi connectivity index (χ1n) is 7.40. The van der Waals surface area contributed by atoms with Crippen LogP contribution in [0.2, 0.25) is 0 Å². The third-order valence-electron chi connectivity index (χ3n) is 4.32. The minimum absolute atomic E-state index is 0.0682. The third-order valence-corrected chi connectivity index (χ3v) is 4.32. The molecule has 1 aliphatic heterocycles. The monoisotopic (exact) mass is 288 g/mol. The van der Waals surface area contributed by atoms with Gasteiger partial charge in [0.1, 0.15) is 0 Å². The van der Waals surface area contributed by atoms with E-state index in [9.17, 15) is 4.79 Å². The molecular formula is C19H16N2O. The number of hydrogen-bond donors (Lipinski definition) is 1. The fraction of sp³-hybridized carbons (Fsp3) is 0.105. The predicted molar refractivity (Wildman–Crippen MR) is 88.8 cm³/mol. The lowest BCUT2D eigenvalue weighted by Gasteiger charge is -2.19. The van der Waals surface area contributed by atoms with E-state index in [1.807, 2.05) is 65.6 Å². The molecule has 3 aromatic carbocycles. The van der Waals surface area contributed by atoms with Crippen molar-refractivity contribution in [3.63, 3.8) is 0 Å². The molecule has 2 N–H and O–H groups in total. The molecule has 0 saturated heterocycles. The molecule has 0 aliphatic carbocycles. The fourth-order valence-corrected chi connectivity index (χ4v) is 3.22. The molecule has 0 spiro atoms. The van der Waals surface area contributed by atoms with E-state index >= 15 is 0 Å². The maximum atomic E-state index is 12.8. The van der Waals surface area contributed by atoms with Gasteiger partial charge in [0.25, 0.3) is 5.91 Å². The van der Waals surface area contributed by atoms with Gasteiger partial charge in [-0.1, -0.05) is 48.5 Å². The molecule has 0 aromatic heterocycles. The molecule has 4 rings (SSSR count). The van der Waals surface area contributed by atoms with Crippen LogP contribution in [-0.4, -0.2) is 5.91 Å². The number of hydrogen-bond acceptors (Lipinski definition) is 2. The first-order valence-corrected chi connectivity index (χ1v) is 7.40. The highest BCUT2D eigenvalue weighted by molar-refractivity contribution is 6.24. The summed E-state index contributed by atoms with van der Waals surface area (Å²) in [5, 5.41) is 2.16. The lowest BCUT2D eigenvalue weighted by atomic mass is 10.1. The zero-order valence-electron chi connectivity index (χ0n) is 12.1. The molecule has 108 valence electrons. The summed E-state index contributed by atoms with van der Waals surface area (Å²) in [7, 11) is 0. The van der Waals surface area contributed by atoms with Gasteiger partial charge in [0.2, 0.25) is 0 Å². The number of nitrogens with two attached hydrogens (primary N) is 1. The Morgan fingerprint density at radius 1 is 0.864 bits per heavy atom. The maximum absolute atomic E-state index is 12.8. The molecule has 0 radical (unpaired) electrons. The smallest absolute Gasteiger partial charge is 0.259 e. The van der Waals surface area contributed by atoms with Crippen LogP contribution in [0.1, 0.15) is 21.5 Å². The van der Waals surface area contributed by atoms with Gasteiger partial charge < -0.3 is 10.6 Å².